The van der Waals surface area contributed by atoms with Crippen LogP contribution in [0.4, 0.5) is 5.82 Å². The van der Waals surface area contributed by atoms with Gasteiger partial charge in [0.05, 0.1) is 7.11 Å². The van der Waals surface area contributed by atoms with Crippen LogP contribution < -0.4 is 10.1 Å². The van der Waals surface area contributed by atoms with Crippen LogP contribution in [0.2, 0.25) is 0 Å². The number of methoxy groups -OCH3 is 1. The Morgan fingerprint density at radius 1 is 1.03 bits per heavy atom. The summed E-state index contributed by atoms with van der Waals surface area (Å²) >= 11 is 0. The van der Waals surface area contributed by atoms with Crippen molar-refractivity contribution >= 4 is 16.9 Å². The highest BCUT2D eigenvalue weighted by atomic mass is 16.5. The van der Waals surface area contributed by atoms with Crippen LogP contribution in [0.3, 0.4) is 0 Å². The average molecular weight is 385 g/mol. The summed E-state index contributed by atoms with van der Waals surface area (Å²) in [6, 6.07) is 10.3. The molecule has 5 rings (SSSR count). The quantitative estimate of drug-likeness (QED) is 0.492. The number of aromatic nitrogens is 4. The van der Waals surface area contributed by atoms with Gasteiger partial charge in [-0.3, -0.25) is 0 Å². The number of hydrogen-bond acceptors (Lipinski definition) is 5. The van der Waals surface area contributed by atoms with Crippen molar-refractivity contribution in [3.05, 3.63) is 77.4 Å². The summed E-state index contributed by atoms with van der Waals surface area (Å²) in [7, 11) is 1.62. The molecule has 1 saturated carbocycles. The van der Waals surface area contributed by atoms with Gasteiger partial charge < -0.3 is 15.0 Å². The van der Waals surface area contributed by atoms with E-state index in [2.05, 4.69) is 43.6 Å². The molecule has 1 aliphatic rings. The molecule has 1 aliphatic carbocycles. The van der Waals surface area contributed by atoms with E-state index in [-0.39, 0.29) is 0 Å². The van der Waals surface area contributed by atoms with Gasteiger partial charge in [0.25, 0.3) is 0 Å². The Hall–Kier alpha value is -3.41. The number of aromatic amines is 1. The molecule has 0 radical (unpaired) electrons. The first-order valence-electron chi connectivity index (χ1n) is 9.92. The smallest absolute Gasteiger partial charge is 0.212 e. The molecule has 0 bridgehead atoms. The Labute approximate surface area is 169 Å². The Bertz CT molecular complexity index is 1110. The summed E-state index contributed by atoms with van der Waals surface area (Å²) in [5.41, 5.74) is 5.85. The largest absolute Gasteiger partial charge is 0.481 e. The van der Waals surface area contributed by atoms with Gasteiger partial charge in [-0.25, -0.2) is 15.0 Å². The lowest BCUT2D eigenvalue weighted by Crippen LogP contribution is -2.02. The topological polar surface area (TPSA) is 75.7 Å². The van der Waals surface area contributed by atoms with Crippen LogP contribution in [0.15, 0.2) is 55.1 Å². The van der Waals surface area contributed by atoms with Crippen LogP contribution in [0.1, 0.15) is 41.0 Å². The number of ether oxygens (including phenoxy) is 1. The summed E-state index contributed by atoms with van der Waals surface area (Å²) in [6.07, 6.45) is 11.2. The number of nitrogens with one attached hydrogen (secondary N) is 2. The predicted octanol–water partition coefficient (Wildman–Crippen LogP) is 4.44. The molecule has 4 aromatic heterocycles. The summed E-state index contributed by atoms with van der Waals surface area (Å²) in [6.45, 7) is 0.668. The highest BCUT2D eigenvalue weighted by Gasteiger charge is 2.24. The standard InChI is InChI=1S/C23H23N5O/c1-29-22-7-3-16(12-26-22)11-25-21-6-2-15(10-24-21)8-19-14-28-23-20(19)9-18(13-27-23)17-4-5-17/h2-3,6-7,9-10,12-14,17H,4-5,8,11H2,1H3,(H,24,25)(H,27,28). The van der Waals surface area contributed by atoms with Crippen molar-refractivity contribution in [3.63, 3.8) is 0 Å². The SMILES string of the molecule is COc1ccc(CNc2ccc(Cc3c[nH]c4ncc(C5CC5)cc34)cn2)cn1. The van der Waals surface area contributed by atoms with E-state index in [0.717, 1.165) is 23.4 Å². The fourth-order valence-electron chi connectivity index (χ4n) is 3.54. The molecule has 29 heavy (non-hydrogen) atoms. The van der Waals surface area contributed by atoms with Crippen molar-refractivity contribution in [2.75, 3.05) is 12.4 Å². The molecular formula is C23H23N5O. The van der Waals surface area contributed by atoms with Crippen LogP contribution in [-0.2, 0) is 13.0 Å². The first-order valence-corrected chi connectivity index (χ1v) is 9.92. The average Bonchev–Trinajstić information content (AvgIpc) is 3.55. The third kappa shape index (κ3) is 3.92. The highest BCUT2D eigenvalue weighted by molar-refractivity contribution is 5.80. The van der Waals surface area contributed by atoms with E-state index in [1.165, 1.54) is 34.9 Å². The monoisotopic (exact) mass is 385 g/mol. The zero-order valence-corrected chi connectivity index (χ0v) is 16.4. The second-order valence-corrected chi connectivity index (χ2v) is 7.54. The van der Waals surface area contributed by atoms with Gasteiger partial charge in [0.1, 0.15) is 11.5 Å². The predicted molar refractivity (Wildman–Crippen MR) is 113 cm³/mol. The summed E-state index contributed by atoms with van der Waals surface area (Å²) in [5.74, 6) is 2.18. The van der Waals surface area contributed by atoms with Crippen molar-refractivity contribution in [2.24, 2.45) is 0 Å². The van der Waals surface area contributed by atoms with Gasteiger partial charge in [0.2, 0.25) is 5.88 Å². The Balaban J connectivity index is 1.25. The molecule has 6 heteroatoms. The molecule has 146 valence electrons. The van der Waals surface area contributed by atoms with E-state index in [0.29, 0.717) is 18.3 Å². The lowest BCUT2D eigenvalue weighted by Gasteiger charge is -2.07. The highest BCUT2D eigenvalue weighted by Crippen LogP contribution is 2.40. The Kier molecular flexibility index (Phi) is 4.60. The fraction of sp³-hybridized carbons (Fsp3) is 0.261. The van der Waals surface area contributed by atoms with E-state index < -0.39 is 0 Å². The Morgan fingerprint density at radius 2 is 1.90 bits per heavy atom. The minimum Gasteiger partial charge on any atom is -0.481 e. The van der Waals surface area contributed by atoms with E-state index in [4.69, 9.17) is 4.74 Å². The van der Waals surface area contributed by atoms with Crippen molar-refractivity contribution < 1.29 is 4.74 Å². The fourth-order valence-corrected chi connectivity index (χ4v) is 3.54. The number of fused-ring (bicyclic) bond motifs is 1. The molecule has 2 N–H and O–H groups in total. The van der Waals surface area contributed by atoms with E-state index in [1.807, 2.05) is 30.6 Å². The van der Waals surface area contributed by atoms with Gasteiger partial charge >= 0.3 is 0 Å². The number of H-pyrrole nitrogens is 1. The first kappa shape index (κ1) is 17.7. The molecule has 0 amide bonds. The van der Waals surface area contributed by atoms with E-state index >= 15 is 0 Å². The van der Waals surface area contributed by atoms with Crippen LogP contribution in [0.25, 0.3) is 11.0 Å². The molecule has 0 atom stereocenters. The van der Waals surface area contributed by atoms with Crippen molar-refractivity contribution in [2.45, 2.75) is 31.7 Å². The Morgan fingerprint density at radius 3 is 2.62 bits per heavy atom. The molecule has 1 fully saturated rings. The molecule has 4 aromatic rings. The molecule has 6 nitrogen and oxygen atoms in total. The maximum atomic E-state index is 5.09. The van der Waals surface area contributed by atoms with Gasteiger partial charge in [0.15, 0.2) is 0 Å². The number of rotatable bonds is 7. The molecule has 0 aliphatic heterocycles. The minimum absolute atomic E-state index is 0.618. The minimum atomic E-state index is 0.618. The van der Waals surface area contributed by atoms with Gasteiger partial charge in [-0.1, -0.05) is 12.1 Å². The van der Waals surface area contributed by atoms with Gasteiger partial charge in [-0.2, -0.15) is 0 Å². The van der Waals surface area contributed by atoms with Crippen LogP contribution >= 0.6 is 0 Å². The molecule has 0 saturated heterocycles. The van der Waals surface area contributed by atoms with E-state index in [9.17, 15) is 0 Å². The number of hydrogen-bond donors (Lipinski definition) is 2. The van der Waals surface area contributed by atoms with Crippen molar-refractivity contribution in [1.82, 2.24) is 19.9 Å². The zero-order valence-electron chi connectivity index (χ0n) is 16.4. The molecule has 0 aromatic carbocycles. The van der Waals surface area contributed by atoms with Crippen LogP contribution in [-0.4, -0.2) is 27.0 Å². The number of nitrogens with zero attached hydrogens (tertiary/aromatic N) is 3. The molecule has 0 unspecified atom stereocenters. The number of pyridine rings is 3. The third-order valence-electron chi connectivity index (χ3n) is 5.39. The van der Waals surface area contributed by atoms with Gasteiger partial charge in [-0.05, 0) is 53.1 Å². The second kappa shape index (κ2) is 7.54. The lowest BCUT2D eigenvalue weighted by molar-refractivity contribution is 0.397. The summed E-state index contributed by atoms with van der Waals surface area (Å²) in [4.78, 5) is 16.7. The first-order chi connectivity index (χ1) is 14.3. The third-order valence-corrected chi connectivity index (χ3v) is 5.39. The summed E-state index contributed by atoms with van der Waals surface area (Å²) in [5, 5.41) is 4.56. The van der Waals surface area contributed by atoms with Crippen LogP contribution in [0.5, 0.6) is 5.88 Å². The van der Waals surface area contributed by atoms with Crippen molar-refractivity contribution in [1.29, 1.82) is 0 Å². The van der Waals surface area contributed by atoms with E-state index in [1.54, 1.807) is 13.3 Å². The van der Waals surface area contributed by atoms with Crippen LogP contribution in [0, 0.1) is 0 Å². The summed E-state index contributed by atoms with van der Waals surface area (Å²) < 4.78 is 5.09. The normalized spacial score (nSPS) is 13.6. The molecule has 0 spiro atoms. The lowest BCUT2D eigenvalue weighted by atomic mass is 10.0. The van der Waals surface area contributed by atoms with Crippen molar-refractivity contribution in [3.8, 4) is 5.88 Å². The van der Waals surface area contributed by atoms with Gasteiger partial charge in [-0.15, -0.1) is 0 Å². The number of anilines is 1. The van der Waals surface area contributed by atoms with Gasteiger partial charge in [0, 0.05) is 49.2 Å². The molecule has 4 heterocycles. The second-order valence-electron chi connectivity index (χ2n) is 7.54. The maximum Gasteiger partial charge on any atom is 0.212 e. The molecular weight excluding hydrogens is 362 g/mol. The maximum absolute atomic E-state index is 5.09. The zero-order chi connectivity index (χ0) is 19.6.